The number of nitrogens with zero attached hydrogens (tertiary/aromatic N) is 1. The Morgan fingerprint density at radius 1 is 1.53 bits per heavy atom. The van der Waals surface area contributed by atoms with Gasteiger partial charge < -0.3 is 10.1 Å². The first-order chi connectivity index (χ1) is 7.13. The fourth-order valence-electron chi connectivity index (χ4n) is 1.28. The number of pyridine rings is 1. The summed E-state index contributed by atoms with van der Waals surface area (Å²) in [6.45, 7) is 7.43. The fraction of sp³-hybridized carbons (Fsp3) is 0.545. The Morgan fingerprint density at radius 2 is 2.27 bits per heavy atom. The molecule has 0 radical (unpaired) electrons. The van der Waals surface area contributed by atoms with E-state index in [-0.39, 0.29) is 6.04 Å². The van der Waals surface area contributed by atoms with Gasteiger partial charge in [-0.25, -0.2) is 4.98 Å². The Labute approximate surface area is 95.8 Å². The lowest BCUT2D eigenvalue weighted by Gasteiger charge is -2.16. The van der Waals surface area contributed by atoms with E-state index in [9.17, 15) is 0 Å². The summed E-state index contributed by atoms with van der Waals surface area (Å²) < 4.78 is 5.32. The van der Waals surface area contributed by atoms with Gasteiger partial charge in [-0.3, -0.25) is 0 Å². The van der Waals surface area contributed by atoms with E-state index < -0.39 is 0 Å². The average Bonchev–Trinajstić information content (AvgIpc) is 2.19. The molecule has 0 aromatic carbocycles. The molecule has 0 aliphatic rings. The number of hydrogen-bond acceptors (Lipinski definition) is 3. The summed E-state index contributed by atoms with van der Waals surface area (Å²) in [7, 11) is 0. The minimum Gasteiger partial charge on any atom is -0.380 e. The van der Waals surface area contributed by atoms with E-state index in [1.54, 1.807) is 6.07 Å². The summed E-state index contributed by atoms with van der Waals surface area (Å²) in [4.78, 5) is 4.17. The summed E-state index contributed by atoms with van der Waals surface area (Å²) in [5.74, 6) is 0. The first-order valence-electron chi connectivity index (χ1n) is 5.11. The molecule has 0 amide bonds. The van der Waals surface area contributed by atoms with Gasteiger partial charge in [0.15, 0.2) is 0 Å². The maximum absolute atomic E-state index is 5.77. The van der Waals surface area contributed by atoms with Crippen LogP contribution in [0.1, 0.15) is 19.5 Å². The minimum absolute atomic E-state index is 0.270. The summed E-state index contributed by atoms with van der Waals surface area (Å²) in [5.41, 5.74) is 1.91. The highest BCUT2D eigenvalue weighted by Crippen LogP contribution is 2.16. The quantitative estimate of drug-likeness (QED) is 0.787. The van der Waals surface area contributed by atoms with Crippen LogP contribution in [0.25, 0.3) is 0 Å². The van der Waals surface area contributed by atoms with E-state index in [0.717, 1.165) is 18.0 Å². The van der Waals surface area contributed by atoms with E-state index in [0.29, 0.717) is 11.8 Å². The van der Waals surface area contributed by atoms with Crippen LogP contribution in [0.5, 0.6) is 0 Å². The molecule has 0 bridgehead atoms. The first kappa shape index (κ1) is 12.3. The molecule has 84 valence electrons. The molecule has 1 rings (SSSR count). The molecule has 0 aliphatic heterocycles. The molecule has 0 fully saturated rings. The van der Waals surface area contributed by atoms with Crippen molar-refractivity contribution >= 4 is 17.3 Å². The lowest BCUT2D eigenvalue weighted by molar-refractivity contribution is 0.141. The molecule has 1 aromatic rings. The summed E-state index contributed by atoms with van der Waals surface area (Å²) in [6.07, 6.45) is 0. The molecule has 0 saturated carbocycles. The molecule has 4 heteroatoms. The van der Waals surface area contributed by atoms with Crippen molar-refractivity contribution in [2.24, 2.45) is 0 Å². The van der Waals surface area contributed by atoms with Gasteiger partial charge in [0, 0.05) is 12.6 Å². The number of aryl methyl sites for hydroxylation is 1. The lowest BCUT2D eigenvalue weighted by atomic mass is 10.2. The Hall–Kier alpha value is -0.800. The van der Waals surface area contributed by atoms with Crippen molar-refractivity contribution in [2.75, 3.05) is 18.5 Å². The SMILES string of the molecule is CCOC[C@@H](C)Nc1ccc(Cl)nc1C. The predicted molar refractivity (Wildman–Crippen MR) is 63.6 cm³/mol. The monoisotopic (exact) mass is 228 g/mol. The third-order valence-corrected chi connectivity index (χ3v) is 2.24. The van der Waals surface area contributed by atoms with Crippen molar-refractivity contribution < 1.29 is 4.74 Å². The number of halogens is 1. The van der Waals surface area contributed by atoms with Crippen molar-refractivity contribution in [3.05, 3.63) is 23.0 Å². The molecule has 1 atom stereocenters. The van der Waals surface area contributed by atoms with E-state index in [2.05, 4.69) is 17.2 Å². The molecule has 0 unspecified atom stereocenters. The van der Waals surface area contributed by atoms with Crippen LogP contribution in [0.3, 0.4) is 0 Å². The van der Waals surface area contributed by atoms with Gasteiger partial charge in [0.05, 0.1) is 18.0 Å². The number of ether oxygens (including phenoxy) is 1. The second-order valence-corrected chi connectivity index (χ2v) is 3.86. The lowest BCUT2D eigenvalue weighted by Crippen LogP contribution is -2.22. The van der Waals surface area contributed by atoms with Crippen LogP contribution >= 0.6 is 11.6 Å². The van der Waals surface area contributed by atoms with E-state index in [4.69, 9.17) is 16.3 Å². The molecule has 3 nitrogen and oxygen atoms in total. The largest absolute Gasteiger partial charge is 0.380 e. The smallest absolute Gasteiger partial charge is 0.129 e. The van der Waals surface area contributed by atoms with Gasteiger partial charge >= 0.3 is 0 Å². The van der Waals surface area contributed by atoms with Gasteiger partial charge in [-0.05, 0) is 32.9 Å². The van der Waals surface area contributed by atoms with Crippen molar-refractivity contribution in [1.29, 1.82) is 0 Å². The topological polar surface area (TPSA) is 34.1 Å². The minimum atomic E-state index is 0.270. The van der Waals surface area contributed by atoms with Gasteiger partial charge in [0.2, 0.25) is 0 Å². The molecular formula is C11H17ClN2O. The molecule has 1 heterocycles. The highest BCUT2D eigenvalue weighted by Gasteiger charge is 2.05. The molecular weight excluding hydrogens is 212 g/mol. The second kappa shape index (κ2) is 5.93. The maximum atomic E-state index is 5.77. The second-order valence-electron chi connectivity index (χ2n) is 3.47. The predicted octanol–water partition coefficient (Wildman–Crippen LogP) is 2.88. The van der Waals surface area contributed by atoms with E-state index in [1.807, 2.05) is 19.9 Å². The van der Waals surface area contributed by atoms with Crippen molar-refractivity contribution in [2.45, 2.75) is 26.8 Å². The highest BCUT2D eigenvalue weighted by atomic mass is 35.5. The van der Waals surface area contributed by atoms with Gasteiger partial charge in [0.1, 0.15) is 5.15 Å². The normalized spacial score (nSPS) is 12.5. The van der Waals surface area contributed by atoms with E-state index in [1.165, 1.54) is 0 Å². The van der Waals surface area contributed by atoms with Gasteiger partial charge in [-0.1, -0.05) is 11.6 Å². The van der Waals surface area contributed by atoms with Crippen molar-refractivity contribution in [1.82, 2.24) is 4.98 Å². The Bertz CT molecular complexity index is 317. The Kier molecular flexibility index (Phi) is 4.85. The van der Waals surface area contributed by atoms with Crippen LogP contribution in [0.15, 0.2) is 12.1 Å². The Morgan fingerprint density at radius 3 is 2.87 bits per heavy atom. The summed E-state index contributed by atoms with van der Waals surface area (Å²) in [6, 6.07) is 3.99. The standard InChI is InChI=1S/C11H17ClN2O/c1-4-15-7-8(2)13-10-5-6-11(12)14-9(10)3/h5-6,8,13H,4,7H2,1-3H3/t8-/m1/s1. The van der Waals surface area contributed by atoms with Gasteiger partial charge in [-0.15, -0.1) is 0 Å². The third-order valence-electron chi connectivity index (χ3n) is 2.03. The summed E-state index contributed by atoms with van der Waals surface area (Å²) >= 11 is 5.77. The molecule has 15 heavy (non-hydrogen) atoms. The molecule has 1 N–H and O–H groups in total. The Balaban J connectivity index is 2.56. The van der Waals surface area contributed by atoms with Crippen LogP contribution in [-0.2, 0) is 4.74 Å². The van der Waals surface area contributed by atoms with Crippen molar-refractivity contribution in [3.8, 4) is 0 Å². The fourth-order valence-corrected chi connectivity index (χ4v) is 1.47. The molecule has 1 aromatic heterocycles. The van der Waals surface area contributed by atoms with Crippen LogP contribution in [0.4, 0.5) is 5.69 Å². The molecule has 0 spiro atoms. The number of hydrogen-bond donors (Lipinski definition) is 1. The van der Waals surface area contributed by atoms with Crippen LogP contribution < -0.4 is 5.32 Å². The molecule has 0 aliphatic carbocycles. The van der Waals surface area contributed by atoms with Crippen molar-refractivity contribution in [3.63, 3.8) is 0 Å². The zero-order chi connectivity index (χ0) is 11.3. The number of nitrogens with one attached hydrogen (secondary N) is 1. The summed E-state index contributed by atoms with van der Waals surface area (Å²) in [5, 5.41) is 3.85. The average molecular weight is 229 g/mol. The number of aromatic nitrogens is 1. The number of anilines is 1. The van der Waals surface area contributed by atoms with Crippen LogP contribution in [0.2, 0.25) is 5.15 Å². The van der Waals surface area contributed by atoms with Crippen LogP contribution in [-0.4, -0.2) is 24.2 Å². The first-order valence-corrected chi connectivity index (χ1v) is 5.48. The molecule has 0 saturated heterocycles. The van der Waals surface area contributed by atoms with E-state index >= 15 is 0 Å². The third kappa shape index (κ3) is 4.06. The van der Waals surface area contributed by atoms with Crippen LogP contribution in [0, 0.1) is 6.92 Å². The number of rotatable bonds is 5. The zero-order valence-corrected chi connectivity index (χ0v) is 10.1. The highest BCUT2D eigenvalue weighted by molar-refractivity contribution is 6.29. The zero-order valence-electron chi connectivity index (χ0n) is 9.38. The maximum Gasteiger partial charge on any atom is 0.129 e. The van der Waals surface area contributed by atoms with Gasteiger partial charge in [-0.2, -0.15) is 0 Å². The van der Waals surface area contributed by atoms with Gasteiger partial charge in [0.25, 0.3) is 0 Å².